The fraction of sp³-hybridized carbons (Fsp3) is 0.357. The SMILES string of the molecule is CC(=CC(=O)N1CC[C@@H](O)C1)c1cccc(Cl)c1. The van der Waals surface area contributed by atoms with Crippen molar-refractivity contribution in [1.29, 1.82) is 0 Å². The zero-order chi connectivity index (χ0) is 13.1. The molecule has 0 saturated carbocycles. The maximum Gasteiger partial charge on any atom is 0.246 e. The fourth-order valence-electron chi connectivity index (χ4n) is 2.04. The Labute approximate surface area is 112 Å². The van der Waals surface area contributed by atoms with Crippen molar-refractivity contribution in [3.05, 3.63) is 40.9 Å². The Morgan fingerprint density at radius 3 is 2.94 bits per heavy atom. The van der Waals surface area contributed by atoms with Crippen LogP contribution in [-0.2, 0) is 4.79 Å². The van der Waals surface area contributed by atoms with E-state index in [1.54, 1.807) is 17.0 Å². The molecule has 1 N–H and O–H groups in total. The average molecular weight is 266 g/mol. The van der Waals surface area contributed by atoms with Gasteiger partial charge in [-0.25, -0.2) is 0 Å². The number of amides is 1. The van der Waals surface area contributed by atoms with Crippen molar-refractivity contribution in [3.8, 4) is 0 Å². The van der Waals surface area contributed by atoms with E-state index < -0.39 is 0 Å². The molecule has 1 aliphatic heterocycles. The molecule has 3 nitrogen and oxygen atoms in total. The first-order chi connectivity index (χ1) is 8.56. The number of aliphatic hydroxyl groups is 1. The minimum absolute atomic E-state index is 0.0518. The van der Waals surface area contributed by atoms with Gasteiger partial charge in [0, 0.05) is 24.2 Å². The highest BCUT2D eigenvalue weighted by atomic mass is 35.5. The molecule has 4 heteroatoms. The lowest BCUT2D eigenvalue weighted by molar-refractivity contribution is -0.125. The van der Waals surface area contributed by atoms with Crippen LogP contribution in [0.5, 0.6) is 0 Å². The quantitative estimate of drug-likeness (QED) is 0.834. The van der Waals surface area contributed by atoms with Crippen molar-refractivity contribution in [2.45, 2.75) is 19.4 Å². The van der Waals surface area contributed by atoms with E-state index in [-0.39, 0.29) is 12.0 Å². The van der Waals surface area contributed by atoms with Crippen LogP contribution in [0, 0.1) is 0 Å². The Kier molecular flexibility index (Phi) is 4.04. The number of carbonyl (C=O) groups is 1. The summed E-state index contributed by atoms with van der Waals surface area (Å²) in [6.45, 7) is 2.94. The predicted molar refractivity (Wildman–Crippen MR) is 72.3 cm³/mol. The normalized spacial score (nSPS) is 20.3. The standard InChI is InChI=1S/C14H16ClNO2/c1-10(11-3-2-4-12(15)8-11)7-14(18)16-6-5-13(17)9-16/h2-4,7-8,13,17H,5-6,9H2,1H3/t13-/m1/s1. The van der Waals surface area contributed by atoms with Crippen LogP contribution >= 0.6 is 11.6 Å². The van der Waals surface area contributed by atoms with E-state index in [1.807, 2.05) is 25.1 Å². The summed E-state index contributed by atoms with van der Waals surface area (Å²) < 4.78 is 0. The molecule has 96 valence electrons. The summed E-state index contributed by atoms with van der Waals surface area (Å²) in [7, 11) is 0. The third-order valence-electron chi connectivity index (χ3n) is 3.09. The molecule has 0 radical (unpaired) electrons. The highest BCUT2D eigenvalue weighted by Crippen LogP contribution is 2.19. The van der Waals surface area contributed by atoms with Gasteiger partial charge in [0.05, 0.1) is 6.10 Å². The van der Waals surface area contributed by atoms with Crippen LogP contribution < -0.4 is 0 Å². The Balaban J connectivity index is 2.10. The maximum atomic E-state index is 12.0. The van der Waals surface area contributed by atoms with Gasteiger partial charge in [0.25, 0.3) is 0 Å². The lowest BCUT2D eigenvalue weighted by Crippen LogP contribution is -2.27. The molecule has 0 aromatic heterocycles. The number of β-amino-alcohol motifs (C(OH)–C–C–N with tert-alkyl or cyclic N) is 1. The maximum absolute atomic E-state index is 12.0. The lowest BCUT2D eigenvalue weighted by Gasteiger charge is -2.13. The van der Waals surface area contributed by atoms with Crippen LogP contribution in [0.15, 0.2) is 30.3 Å². The topological polar surface area (TPSA) is 40.5 Å². The summed E-state index contributed by atoms with van der Waals surface area (Å²) in [5.41, 5.74) is 1.82. The molecular weight excluding hydrogens is 250 g/mol. The third kappa shape index (κ3) is 3.12. The Morgan fingerprint density at radius 1 is 1.56 bits per heavy atom. The van der Waals surface area contributed by atoms with E-state index in [9.17, 15) is 9.90 Å². The molecule has 0 bridgehead atoms. The molecule has 18 heavy (non-hydrogen) atoms. The number of benzene rings is 1. The van der Waals surface area contributed by atoms with Gasteiger partial charge in [-0.15, -0.1) is 0 Å². The van der Waals surface area contributed by atoms with Crippen molar-refractivity contribution in [2.75, 3.05) is 13.1 Å². The zero-order valence-electron chi connectivity index (χ0n) is 10.3. The second kappa shape index (κ2) is 5.55. The molecule has 1 amide bonds. The molecule has 1 aromatic carbocycles. The van der Waals surface area contributed by atoms with Crippen molar-refractivity contribution < 1.29 is 9.90 Å². The van der Waals surface area contributed by atoms with Crippen molar-refractivity contribution >= 4 is 23.1 Å². The van der Waals surface area contributed by atoms with Gasteiger partial charge in [-0.1, -0.05) is 23.7 Å². The summed E-state index contributed by atoms with van der Waals surface area (Å²) in [5, 5.41) is 10.1. The van der Waals surface area contributed by atoms with E-state index in [4.69, 9.17) is 11.6 Å². The smallest absolute Gasteiger partial charge is 0.246 e. The number of rotatable bonds is 2. The van der Waals surface area contributed by atoms with Crippen molar-refractivity contribution in [1.82, 2.24) is 4.90 Å². The largest absolute Gasteiger partial charge is 0.391 e. The fourth-order valence-corrected chi connectivity index (χ4v) is 2.23. The van der Waals surface area contributed by atoms with Crippen LogP contribution in [0.1, 0.15) is 18.9 Å². The zero-order valence-corrected chi connectivity index (χ0v) is 11.0. The van der Waals surface area contributed by atoms with Gasteiger partial charge in [0.2, 0.25) is 5.91 Å². The highest BCUT2D eigenvalue weighted by molar-refractivity contribution is 6.30. The van der Waals surface area contributed by atoms with Gasteiger partial charge in [-0.3, -0.25) is 4.79 Å². The van der Waals surface area contributed by atoms with Crippen LogP contribution in [0.4, 0.5) is 0 Å². The Hall–Kier alpha value is -1.32. The van der Waals surface area contributed by atoms with Gasteiger partial charge in [-0.05, 0) is 36.6 Å². The van der Waals surface area contributed by atoms with Gasteiger partial charge in [-0.2, -0.15) is 0 Å². The summed E-state index contributed by atoms with van der Waals surface area (Å²) in [6.07, 6.45) is 1.88. The number of halogens is 1. The Bertz CT molecular complexity index is 484. The number of carbonyl (C=O) groups excluding carboxylic acids is 1. The molecule has 0 aliphatic carbocycles. The summed E-state index contributed by atoms with van der Waals surface area (Å²) >= 11 is 5.92. The van der Waals surface area contributed by atoms with Crippen molar-refractivity contribution in [3.63, 3.8) is 0 Å². The van der Waals surface area contributed by atoms with Crippen LogP contribution in [0.3, 0.4) is 0 Å². The number of nitrogens with zero attached hydrogens (tertiary/aromatic N) is 1. The van der Waals surface area contributed by atoms with E-state index >= 15 is 0 Å². The van der Waals surface area contributed by atoms with Crippen LogP contribution in [0.2, 0.25) is 5.02 Å². The number of hydrogen-bond acceptors (Lipinski definition) is 2. The molecule has 0 unspecified atom stereocenters. The second-order valence-corrected chi connectivity index (χ2v) is 5.00. The number of aliphatic hydroxyl groups excluding tert-OH is 1. The molecule has 1 saturated heterocycles. The lowest BCUT2D eigenvalue weighted by atomic mass is 10.1. The monoisotopic (exact) mass is 265 g/mol. The summed E-state index contributed by atoms with van der Waals surface area (Å²) in [5.74, 6) is -0.0518. The minimum atomic E-state index is -0.381. The predicted octanol–water partition coefficient (Wildman–Crippen LogP) is 2.34. The van der Waals surface area contributed by atoms with Gasteiger partial charge < -0.3 is 10.0 Å². The molecule has 1 atom stereocenters. The third-order valence-corrected chi connectivity index (χ3v) is 3.33. The first kappa shape index (κ1) is 13.1. The van der Waals surface area contributed by atoms with E-state index in [1.165, 1.54) is 0 Å². The highest BCUT2D eigenvalue weighted by Gasteiger charge is 2.23. The van der Waals surface area contributed by atoms with Gasteiger partial charge >= 0.3 is 0 Å². The molecule has 1 aromatic rings. The summed E-state index contributed by atoms with van der Waals surface area (Å²) in [4.78, 5) is 13.6. The average Bonchev–Trinajstić information content (AvgIpc) is 2.76. The molecular formula is C14H16ClNO2. The molecule has 1 fully saturated rings. The van der Waals surface area contributed by atoms with Crippen LogP contribution in [-0.4, -0.2) is 35.1 Å². The second-order valence-electron chi connectivity index (χ2n) is 4.56. The first-order valence-corrected chi connectivity index (χ1v) is 6.35. The first-order valence-electron chi connectivity index (χ1n) is 5.97. The van der Waals surface area contributed by atoms with E-state index in [2.05, 4.69) is 0 Å². The molecule has 0 spiro atoms. The van der Waals surface area contributed by atoms with Gasteiger partial charge in [0.15, 0.2) is 0 Å². The van der Waals surface area contributed by atoms with Gasteiger partial charge in [0.1, 0.15) is 0 Å². The number of hydrogen-bond donors (Lipinski definition) is 1. The van der Waals surface area contributed by atoms with E-state index in [0.29, 0.717) is 24.5 Å². The molecule has 1 aliphatic rings. The Morgan fingerprint density at radius 2 is 2.33 bits per heavy atom. The molecule has 1 heterocycles. The molecule has 2 rings (SSSR count). The van der Waals surface area contributed by atoms with Crippen LogP contribution in [0.25, 0.3) is 5.57 Å². The van der Waals surface area contributed by atoms with Crippen molar-refractivity contribution in [2.24, 2.45) is 0 Å². The number of allylic oxidation sites excluding steroid dienone is 1. The minimum Gasteiger partial charge on any atom is -0.391 e. The number of likely N-dealkylation sites (tertiary alicyclic amines) is 1. The van der Waals surface area contributed by atoms with E-state index in [0.717, 1.165) is 11.1 Å². The summed E-state index contributed by atoms with van der Waals surface area (Å²) in [6, 6.07) is 7.42.